The van der Waals surface area contributed by atoms with Crippen LogP contribution in [0.5, 0.6) is 23.0 Å². The molecule has 2 aromatic carbocycles. The van der Waals surface area contributed by atoms with Crippen molar-refractivity contribution in [2.75, 3.05) is 13.1 Å². The molecule has 0 radical (unpaired) electrons. The predicted molar refractivity (Wildman–Crippen MR) is 92.2 cm³/mol. The van der Waals surface area contributed by atoms with E-state index >= 15 is 0 Å². The maximum Gasteiger partial charge on any atom is 0.166 e. The van der Waals surface area contributed by atoms with Crippen molar-refractivity contribution in [1.82, 2.24) is 0 Å². The van der Waals surface area contributed by atoms with Crippen molar-refractivity contribution < 1.29 is 20.4 Å². The Labute approximate surface area is 138 Å². The van der Waals surface area contributed by atoms with Gasteiger partial charge in [-0.15, -0.1) is 0 Å². The largest absolute Gasteiger partial charge is 0.504 e. The summed E-state index contributed by atoms with van der Waals surface area (Å²) < 4.78 is 0. The van der Waals surface area contributed by atoms with Crippen LogP contribution in [0.3, 0.4) is 0 Å². The lowest BCUT2D eigenvalue weighted by Crippen LogP contribution is -2.06. The van der Waals surface area contributed by atoms with Crippen LogP contribution in [0.2, 0.25) is 0 Å². The van der Waals surface area contributed by atoms with Gasteiger partial charge in [0.25, 0.3) is 0 Å². The number of phenols is 4. The van der Waals surface area contributed by atoms with Crippen molar-refractivity contribution in [3.63, 3.8) is 0 Å². The average Bonchev–Trinajstić information content (AvgIpc) is 2.55. The van der Waals surface area contributed by atoms with Crippen LogP contribution in [-0.2, 0) is 0 Å². The van der Waals surface area contributed by atoms with Gasteiger partial charge in [-0.2, -0.15) is 0 Å². The highest BCUT2D eigenvalue weighted by Crippen LogP contribution is 2.27. The zero-order chi connectivity index (χ0) is 17.5. The fraction of sp³-hybridized carbons (Fsp3) is 0.118. The van der Waals surface area contributed by atoms with E-state index in [1.807, 2.05) is 0 Å². The van der Waals surface area contributed by atoms with Crippen LogP contribution in [0.1, 0.15) is 11.1 Å². The highest BCUT2D eigenvalue weighted by atomic mass is 16.3. The number of hydrogen-bond donors (Lipinski definition) is 5. The molecule has 2 aromatic rings. The molecule has 0 aliphatic heterocycles. The van der Waals surface area contributed by atoms with Crippen molar-refractivity contribution >= 4 is 18.1 Å². The van der Waals surface area contributed by atoms with Crippen molar-refractivity contribution in [3.8, 4) is 23.0 Å². The lowest BCUT2D eigenvalue weighted by molar-refractivity contribution is 0.403. The lowest BCUT2D eigenvalue weighted by Gasteiger charge is -2.01. The molecule has 5 N–H and O–H groups in total. The van der Waals surface area contributed by atoms with Crippen LogP contribution in [-0.4, -0.2) is 51.7 Å². The molecular weight excluding hydrogens is 310 g/mol. The third-order valence-corrected chi connectivity index (χ3v) is 3.12. The van der Waals surface area contributed by atoms with Crippen LogP contribution in [0.4, 0.5) is 0 Å². The summed E-state index contributed by atoms with van der Waals surface area (Å²) in [5.41, 5.74) is 0.939. The van der Waals surface area contributed by atoms with Gasteiger partial charge in [0.2, 0.25) is 0 Å². The fourth-order valence-corrected chi connectivity index (χ4v) is 1.86. The number of phenolic OH excluding ortho intramolecular Hbond substituents is 4. The first-order valence-electron chi connectivity index (χ1n) is 7.07. The molecule has 0 aliphatic carbocycles. The molecule has 2 rings (SSSR count). The third-order valence-electron chi connectivity index (χ3n) is 3.12. The Bertz CT molecular complexity index is 735. The predicted octanol–water partition coefficient (Wildman–Crippen LogP) is 2.07. The third kappa shape index (κ3) is 4.33. The van der Waals surface area contributed by atoms with Gasteiger partial charge >= 0.3 is 0 Å². The molecule has 0 fully saturated rings. The lowest BCUT2D eigenvalue weighted by atomic mass is 10.2. The molecule has 0 saturated carbocycles. The van der Waals surface area contributed by atoms with Gasteiger partial charge in [-0.05, 0) is 24.3 Å². The summed E-state index contributed by atoms with van der Waals surface area (Å²) in [6, 6.07) is 9.05. The Morgan fingerprint density at radius 2 is 1.21 bits per heavy atom. The van der Waals surface area contributed by atoms with Crippen molar-refractivity contribution in [3.05, 3.63) is 47.5 Å². The second-order valence-corrected chi connectivity index (χ2v) is 4.97. The molecule has 0 amide bonds. The van der Waals surface area contributed by atoms with Crippen LogP contribution in [0.25, 0.3) is 0 Å². The van der Waals surface area contributed by atoms with Crippen LogP contribution in [0, 0.1) is 5.41 Å². The highest BCUT2D eigenvalue weighted by Gasteiger charge is 2.04. The molecule has 124 valence electrons. The van der Waals surface area contributed by atoms with Gasteiger partial charge in [-0.25, -0.2) is 0 Å². The van der Waals surface area contributed by atoms with E-state index in [0.29, 0.717) is 11.1 Å². The first-order chi connectivity index (χ1) is 11.5. The van der Waals surface area contributed by atoms with Crippen molar-refractivity contribution in [2.45, 2.75) is 0 Å². The van der Waals surface area contributed by atoms with E-state index in [0.717, 1.165) is 0 Å². The number of nitrogens with zero attached hydrogens (tertiary/aromatic N) is 2. The quantitative estimate of drug-likeness (QED) is 0.411. The maximum atomic E-state index is 9.62. The molecule has 0 atom stereocenters. The van der Waals surface area contributed by atoms with E-state index < -0.39 is 0 Å². The maximum absolute atomic E-state index is 9.62. The second-order valence-electron chi connectivity index (χ2n) is 4.97. The summed E-state index contributed by atoms with van der Waals surface area (Å²) >= 11 is 0. The Morgan fingerprint density at radius 3 is 1.62 bits per heavy atom. The average molecular weight is 327 g/mol. The molecule has 7 nitrogen and oxygen atoms in total. The van der Waals surface area contributed by atoms with Gasteiger partial charge in [0.15, 0.2) is 23.0 Å². The SMILES string of the molecule is N=C(CN=Cc1cccc(O)c1O)CN=Cc1cccc(O)c1O. The monoisotopic (exact) mass is 327 g/mol. The zero-order valence-electron chi connectivity index (χ0n) is 12.7. The van der Waals surface area contributed by atoms with Gasteiger partial charge in [0.1, 0.15) is 0 Å². The number of para-hydroxylation sites is 2. The van der Waals surface area contributed by atoms with Crippen LogP contribution < -0.4 is 0 Å². The van der Waals surface area contributed by atoms with Crippen molar-refractivity contribution in [1.29, 1.82) is 5.41 Å². The zero-order valence-corrected chi connectivity index (χ0v) is 12.7. The van der Waals surface area contributed by atoms with E-state index in [1.54, 1.807) is 24.3 Å². The minimum atomic E-state index is -0.259. The summed E-state index contributed by atoms with van der Waals surface area (Å²) in [6.07, 6.45) is 2.74. The number of hydrogen-bond acceptors (Lipinski definition) is 7. The van der Waals surface area contributed by atoms with E-state index in [4.69, 9.17) is 5.41 Å². The van der Waals surface area contributed by atoms with Crippen LogP contribution in [0.15, 0.2) is 46.4 Å². The highest BCUT2D eigenvalue weighted by molar-refractivity contribution is 5.92. The first-order valence-corrected chi connectivity index (χ1v) is 7.07. The summed E-state index contributed by atoms with van der Waals surface area (Å²) in [6.45, 7) is 0.164. The van der Waals surface area contributed by atoms with Gasteiger partial charge in [-0.1, -0.05) is 12.1 Å². The molecule has 0 bridgehead atoms. The minimum Gasteiger partial charge on any atom is -0.504 e. The number of rotatable bonds is 6. The second kappa shape index (κ2) is 7.77. The Hall–Kier alpha value is -3.35. The normalized spacial score (nSPS) is 11.3. The van der Waals surface area contributed by atoms with Gasteiger partial charge in [-0.3, -0.25) is 9.98 Å². The van der Waals surface area contributed by atoms with Gasteiger partial charge < -0.3 is 25.8 Å². The topological polar surface area (TPSA) is 129 Å². The molecule has 0 aliphatic rings. The van der Waals surface area contributed by atoms with E-state index in [9.17, 15) is 20.4 Å². The Morgan fingerprint density at radius 1 is 0.792 bits per heavy atom. The molecule has 0 heterocycles. The van der Waals surface area contributed by atoms with Crippen molar-refractivity contribution in [2.24, 2.45) is 9.98 Å². The van der Waals surface area contributed by atoms with E-state index in [1.165, 1.54) is 24.6 Å². The standard InChI is InChI=1S/C17H17N3O4/c18-13(9-19-7-11-3-1-5-14(21)16(11)23)10-20-8-12-4-2-6-15(22)17(12)24/h1-8,18,21-24H,9-10H2. The molecule has 0 spiro atoms. The summed E-state index contributed by atoms with van der Waals surface area (Å²) in [5.74, 6) is -0.982. The molecule has 0 unspecified atom stereocenters. The van der Waals surface area contributed by atoms with Gasteiger partial charge in [0.05, 0.1) is 18.8 Å². The summed E-state index contributed by atoms with van der Waals surface area (Å²) in [7, 11) is 0. The molecule has 7 heteroatoms. The van der Waals surface area contributed by atoms with Gasteiger partial charge in [0, 0.05) is 23.6 Å². The Kier molecular flexibility index (Phi) is 5.51. The van der Waals surface area contributed by atoms with E-state index in [2.05, 4.69) is 9.98 Å². The number of nitrogens with one attached hydrogen (secondary N) is 1. The Balaban J connectivity index is 1.89. The molecule has 0 saturated heterocycles. The molecular formula is C17H17N3O4. The summed E-state index contributed by atoms with van der Waals surface area (Å²) in [4.78, 5) is 8.03. The minimum absolute atomic E-state index is 0.0818. The smallest absolute Gasteiger partial charge is 0.166 e. The number of aliphatic imine (C=N–C) groups is 2. The fourth-order valence-electron chi connectivity index (χ4n) is 1.86. The number of aromatic hydroxyl groups is 4. The van der Waals surface area contributed by atoms with Crippen LogP contribution >= 0.6 is 0 Å². The van der Waals surface area contributed by atoms with E-state index in [-0.39, 0.29) is 41.8 Å². The number of benzene rings is 2. The summed E-state index contributed by atoms with van der Waals surface area (Å²) in [5, 5.41) is 45.7. The molecule has 0 aromatic heterocycles. The first kappa shape index (κ1) is 17.0. The molecule has 24 heavy (non-hydrogen) atoms.